The molecule has 2 aromatic carbocycles. The van der Waals surface area contributed by atoms with Crippen LogP contribution in [-0.4, -0.2) is 48.1 Å². The monoisotopic (exact) mass is 615 g/mol. The summed E-state index contributed by atoms with van der Waals surface area (Å²) >= 11 is 1.93. The normalized spacial score (nSPS) is 17.8. The van der Waals surface area contributed by atoms with Crippen LogP contribution in [0, 0.1) is 21.0 Å². The second-order valence-corrected chi connectivity index (χ2v) is 10.8. The first-order valence-electron chi connectivity index (χ1n) is 12.1. The molecule has 1 aliphatic heterocycles. The molecule has 194 valence electrons. The van der Waals surface area contributed by atoms with Crippen molar-refractivity contribution in [2.45, 2.75) is 57.1 Å². The second kappa shape index (κ2) is 11.4. The lowest BCUT2D eigenvalue weighted by molar-refractivity contribution is -0.172. The lowest BCUT2D eigenvalue weighted by atomic mass is 9.91. The summed E-state index contributed by atoms with van der Waals surface area (Å²) in [5, 5.41) is 6.05. The zero-order valence-electron chi connectivity index (χ0n) is 20.0. The Morgan fingerprint density at radius 2 is 1.75 bits per heavy atom. The first-order valence-corrected chi connectivity index (χ1v) is 13.2. The molecule has 1 aliphatic carbocycles. The van der Waals surface area contributed by atoms with E-state index in [0.717, 1.165) is 31.7 Å². The Labute approximate surface area is 222 Å². The van der Waals surface area contributed by atoms with Crippen LogP contribution in [0.3, 0.4) is 0 Å². The van der Waals surface area contributed by atoms with Crippen LogP contribution in [0.4, 0.5) is 24.5 Å². The lowest BCUT2D eigenvalue weighted by Crippen LogP contribution is -2.69. The van der Waals surface area contributed by atoms with Crippen LogP contribution in [0.5, 0.6) is 0 Å². The predicted molar refractivity (Wildman–Crippen MR) is 139 cm³/mol. The van der Waals surface area contributed by atoms with Gasteiger partial charge in [-0.15, -0.1) is 0 Å². The highest BCUT2D eigenvalue weighted by Gasteiger charge is 2.49. The number of esters is 1. The predicted octanol–water partition coefficient (Wildman–Crippen LogP) is 5.52. The minimum Gasteiger partial charge on any atom is -0.454 e. The van der Waals surface area contributed by atoms with E-state index in [1.807, 2.05) is 22.6 Å². The van der Waals surface area contributed by atoms with Gasteiger partial charge in [-0.3, -0.25) is 9.59 Å². The van der Waals surface area contributed by atoms with E-state index >= 15 is 0 Å². The van der Waals surface area contributed by atoms with E-state index in [1.54, 1.807) is 6.07 Å². The highest BCUT2D eigenvalue weighted by atomic mass is 127. The Hall–Kier alpha value is -2.34. The van der Waals surface area contributed by atoms with Crippen molar-refractivity contribution in [1.29, 1.82) is 0 Å². The van der Waals surface area contributed by atoms with Gasteiger partial charge < -0.3 is 20.3 Å². The summed E-state index contributed by atoms with van der Waals surface area (Å²) in [4.78, 5) is 26.5. The Bertz CT molecular complexity index is 1130. The molecular weight excluding hydrogens is 586 g/mol. The van der Waals surface area contributed by atoms with E-state index in [2.05, 4.69) is 10.6 Å². The Kier molecular flexibility index (Phi) is 8.44. The third-order valence-corrected chi connectivity index (χ3v) is 7.36. The van der Waals surface area contributed by atoms with Gasteiger partial charge >= 0.3 is 5.97 Å². The van der Waals surface area contributed by atoms with Crippen LogP contribution in [0.2, 0.25) is 0 Å². The van der Waals surface area contributed by atoms with Crippen LogP contribution < -0.4 is 10.6 Å². The number of carbonyl (C=O) groups excluding carboxylic acids is 2. The molecule has 2 aliphatic rings. The van der Waals surface area contributed by atoms with E-state index in [1.165, 1.54) is 42.9 Å². The molecule has 10 heteroatoms. The van der Waals surface area contributed by atoms with Gasteiger partial charge in [0.1, 0.15) is 5.82 Å². The molecule has 2 fully saturated rings. The smallest absolute Gasteiger partial charge is 0.303 e. The van der Waals surface area contributed by atoms with E-state index in [9.17, 15) is 22.8 Å². The van der Waals surface area contributed by atoms with Crippen LogP contribution in [0.15, 0.2) is 30.3 Å². The van der Waals surface area contributed by atoms with Crippen molar-refractivity contribution in [3.63, 3.8) is 0 Å². The molecule has 36 heavy (non-hydrogen) atoms. The van der Waals surface area contributed by atoms with Crippen LogP contribution in [0.1, 0.15) is 55.8 Å². The van der Waals surface area contributed by atoms with Crippen LogP contribution in [-0.2, 0) is 9.53 Å². The summed E-state index contributed by atoms with van der Waals surface area (Å²) in [6.07, 6.45) is 6.83. The van der Waals surface area contributed by atoms with Gasteiger partial charge in [0.25, 0.3) is 5.91 Å². The Morgan fingerprint density at radius 1 is 1.06 bits per heavy atom. The molecule has 2 N–H and O–H groups in total. The summed E-state index contributed by atoms with van der Waals surface area (Å²) in [7, 11) is 0. The maximum atomic E-state index is 14.8. The van der Waals surface area contributed by atoms with Crippen molar-refractivity contribution < 1.29 is 27.5 Å². The molecule has 1 saturated heterocycles. The summed E-state index contributed by atoms with van der Waals surface area (Å²) in [5.41, 5.74) is -1.55. The fourth-order valence-electron chi connectivity index (χ4n) is 4.87. The van der Waals surface area contributed by atoms with E-state index in [-0.39, 0.29) is 24.3 Å². The van der Waals surface area contributed by atoms with Crippen molar-refractivity contribution in [3.05, 3.63) is 56.9 Å². The molecule has 4 rings (SSSR count). The van der Waals surface area contributed by atoms with Gasteiger partial charge in [0, 0.05) is 23.1 Å². The number of likely N-dealkylation sites (tertiary alicyclic amines) is 1. The number of benzene rings is 2. The van der Waals surface area contributed by atoms with Gasteiger partial charge in [0.15, 0.2) is 17.2 Å². The summed E-state index contributed by atoms with van der Waals surface area (Å²) in [6.45, 7) is 1.95. The van der Waals surface area contributed by atoms with Crippen LogP contribution in [0.25, 0.3) is 0 Å². The Morgan fingerprint density at radius 3 is 2.39 bits per heavy atom. The average molecular weight is 615 g/mol. The molecule has 1 saturated carbocycles. The van der Waals surface area contributed by atoms with Crippen molar-refractivity contribution in [2.24, 2.45) is 0 Å². The number of ether oxygens (including phenoxy) is 1. The largest absolute Gasteiger partial charge is 0.454 e. The molecule has 0 radical (unpaired) electrons. The maximum absolute atomic E-state index is 14.8. The average Bonchev–Trinajstić information content (AvgIpc) is 3.08. The number of nitrogens with zero attached hydrogens (tertiary/aromatic N) is 1. The van der Waals surface area contributed by atoms with Crippen molar-refractivity contribution in [2.75, 3.05) is 25.0 Å². The van der Waals surface area contributed by atoms with Gasteiger partial charge in [0.2, 0.25) is 0 Å². The van der Waals surface area contributed by atoms with E-state index in [4.69, 9.17) is 4.74 Å². The summed E-state index contributed by atoms with van der Waals surface area (Å²) < 4.78 is 49.5. The lowest BCUT2D eigenvalue weighted by Gasteiger charge is -2.49. The molecule has 0 unspecified atom stereocenters. The maximum Gasteiger partial charge on any atom is 0.303 e. The topological polar surface area (TPSA) is 70.7 Å². The summed E-state index contributed by atoms with van der Waals surface area (Å²) in [6, 6.07) is 6.61. The van der Waals surface area contributed by atoms with Crippen LogP contribution >= 0.6 is 22.6 Å². The first kappa shape index (κ1) is 26.7. The third-order valence-electron chi connectivity index (χ3n) is 6.69. The molecule has 1 heterocycles. The minimum absolute atomic E-state index is 0.0839. The number of hydrogen-bond acceptors (Lipinski definition) is 5. The van der Waals surface area contributed by atoms with Gasteiger partial charge in [-0.05, 0) is 65.8 Å². The molecule has 2 aromatic rings. The zero-order valence-corrected chi connectivity index (χ0v) is 22.2. The molecule has 1 amide bonds. The van der Waals surface area contributed by atoms with Crippen molar-refractivity contribution >= 4 is 45.8 Å². The molecule has 0 atom stereocenters. The zero-order chi connectivity index (χ0) is 25.9. The standard InChI is InChI=1S/C26H29F3IN3O3/c1-16(34)36-26(13-31-18-6-4-2-3-5-7-18)14-33(15-26)25(35)19-9-10-20(27)23(29)24(19)32-22-11-8-17(30)12-21(22)28/h8-12,18,31-32H,2-7,13-15H2,1H3. The van der Waals surface area contributed by atoms with E-state index < -0.39 is 40.6 Å². The molecule has 0 aromatic heterocycles. The van der Waals surface area contributed by atoms with Gasteiger partial charge in [-0.2, -0.15) is 0 Å². The second-order valence-electron chi connectivity index (χ2n) is 9.54. The van der Waals surface area contributed by atoms with Gasteiger partial charge in [-0.25, -0.2) is 13.2 Å². The van der Waals surface area contributed by atoms with Gasteiger partial charge in [-0.1, -0.05) is 25.7 Å². The number of rotatable bonds is 7. The minimum atomic E-state index is -1.28. The summed E-state index contributed by atoms with van der Waals surface area (Å²) in [5.74, 6) is -4.12. The van der Waals surface area contributed by atoms with Crippen molar-refractivity contribution in [3.8, 4) is 0 Å². The number of hydrogen-bond donors (Lipinski definition) is 2. The molecule has 0 spiro atoms. The molecule has 6 nitrogen and oxygen atoms in total. The van der Waals surface area contributed by atoms with E-state index in [0.29, 0.717) is 16.2 Å². The number of carbonyl (C=O) groups is 2. The highest BCUT2D eigenvalue weighted by Crippen LogP contribution is 2.33. The molecular formula is C26H29F3IN3O3. The number of anilines is 2. The SMILES string of the molecule is CC(=O)OC1(CNC2CCCCCC2)CN(C(=O)c2ccc(F)c(F)c2Nc2ccc(I)cc2F)C1. The highest BCUT2D eigenvalue weighted by molar-refractivity contribution is 14.1. The quantitative estimate of drug-likeness (QED) is 0.244. The fraction of sp³-hybridized carbons (Fsp3) is 0.462. The Balaban J connectivity index is 1.51. The molecule has 0 bridgehead atoms. The first-order chi connectivity index (χ1) is 17.2. The number of nitrogens with one attached hydrogen (secondary N) is 2. The van der Waals surface area contributed by atoms with Gasteiger partial charge in [0.05, 0.1) is 30.0 Å². The van der Waals surface area contributed by atoms with Crippen molar-refractivity contribution in [1.82, 2.24) is 10.2 Å². The number of halogens is 4. The number of amides is 1. The fourth-order valence-corrected chi connectivity index (χ4v) is 5.32. The third kappa shape index (κ3) is 6.13.